The van der Waals surface area contributed by atoms with Crippen LogP contribution in [0.25, 0.3) is 16.4 Å². The van der Waals surface area contributed by atoms with E-state index < -0.39 is 0 Å². The summed E-state index contributed by atoms with van der Waals surface area (Å²) >= 11 is 2.98. The molecule has 26 heavy (non-hydrogen) atoms. The second-order valence-corrected chi connectivity index (χ2v) is 7.97. The van der Waals surface area contributed by atoms with E-state index in [1.165, 1.54) is 11.8 Å². The lowest BCUT2D eigenvalue weighted by Crippen LogP contribution is -2.11. The molecule has 3 heterocycles. The lowest BCUT2D eigenvalue weighted by molar-refractivity contribution is -0.137. The number of aromatic nitrogens is 3. The molecule has 1 atom stereocenters. The highest BCUT2D eigenvalue weighted by atomic mass is 32.2. The van der Waals surface area contributed by atoms with Crippen molar-refractivity contribution < 1.29 is 14.3 Å². The van der Waals surface area contributed by atoms with Crippen LogP contribution in [0.4, 0.5) is 0 Å². The van der Waals surface area contributed by atoms with Crippen LogP contribution >= 0.6 is 23.1 Å². The van der Waals surface area contributed by atoms with Crippen LogP contribution in [0.3, 0.4) is 0 Å². The third-order valence-electron chi connectivity index (χ3n) is 4.09. The molecular weight excluding hydrogens is 370 g/mol. The molecular formula is C18H17N3O3S2. The number of thioether (sulfide) groups is 1. The molecule has 2 aromatic heterocycles. The monoisotopic (exact) mass is 387 g/mol. The summed E-state index contributed by atoms with van der Waals surface area (Å²) in [5.41, 5.74) is 1.96. The Bertz CT molecular complexity index is 937. The van der Waals surface area contributed by atoms with Crippen LogP contribution in [-0.4, -0.2) is 39.7 Å². The largest absolute Gasteiger partial charge is 0.495 e. The quantitative estimate of drug-likeness (QED) is 0.622. The molecule has 3 aromatic rings. The fourth-order valence-corrected chi connectivity index (χ4v) is 4.52. The molecule has 0 amide bonds. The molecule has 1 aromatic carbocycles. The van der Waals surface area contributed by atoms with Crippen molar-refractivity contribution in [3.8, 4) is 22.1 Å². The first-order valence-electron chi connectivity index (χ1n) is 8.15. The standard InChI is InChI=1S/C18H17N3O3S2/c1-11-5-6-13(23-2)12(10-11)21-16(14-4-3-9-25-14)19-20-18(21)26-15-7-8-24-17(15)22/h3-6,9-10,15H,7-8H2,1-2H3/t15-/m0/s1. The Hall–Kier alpha value is -2.32. The van der Waals surface area contributed by atoms with Crippen molar-refractivity contribution in [1.82, 2.24) is 14.8 Å². The number of carbonyl (C=O) groups is 1. The van der Waals surface area contributed by atoms with E-state index in [0.29, 0.717) is 18.2 Å². The summed E-state index contributed by atoms with van der Waals surface area (Å²) in [6.07, 6.45) is 0.676. The van der Waals surface area contributed by atoms with Gasteiger partial charge in [-0.1, -0.05) is 23.9 Å². The predicted molar refractivity (Wildman–Crippen MR) is 101 cm³/mol. The molecule has 6 nitrogen and oxygen atoms in total. The van der Waals surface area contributed by atoms with Gasteiger partial charge in [-0.05, 0) is 36.1 Å². The highest BCUT2D eigenvalue weighted by Gasteiger charge is 2.31. The van der Waals surface area contributed by atoms with E-state index in [4.69, 9.17) is 9.47 Å². The second kappa shape index (κ2) is 7.13. The summed E-state index contributed by atoms with van der Waals surface area (Å²) in [5.74, 6) is 1.26. The number of thiophene rings is 1. The summed E-state index contributed by atoms with van der Waals surface area (Å²) in [7, 11) is 1.64. The number of aryl methyl sites for hydroxylation is 1. The first-order valence-corrected chi connectivity index (χ1v) is 9.91. The molecule has 8 heteroatoms. The van der Waals surface area contributed by atoms with Crippen LogP contribution in [-0.2, 0) is 9.53 Å². The zero-order chi connectivity index (χ0) is 18.1. The smallest absolute Gasteiger partial charge is 0.319 e. The zero-order valence-electron chi connectivity index (χ0n) is 14.3. The second-order valence-electron chi connectivity index (χ2n) is 5.86. The average molecular weight is 387 g/mol. The van der Waals surface area contributed by atoms with Crippen molar-refractivity contribution in [3.63, 3.8) is 0 Å². The summed E-state index contributed by atoms with van der Waals surface area (Å²) in [4.78, 5) is 12.9. The van der Waals surface area contributed by atoms with Crippen molar-refractivity contribution in [2.45, 2.75) is 23.8 Å². The van der Waals surface area contributed by atoms with Gasteiger partial charge < -0.3 is 9.47 Å². The molecule has 0 saturated carbocycles. The number of methoxy groups -OCH3 is 1. The van der Waals surface area contributed by atoms with Gasteiger partial charge in [-0.15, -0.1) is 21.5 Å². The molecule has 1 aliphatic rings. The minimum atomic E-state index is -0.259. The maximum absolute atomic E-state index is 11.9. The van der Waals surface area contributed by atoms with Gasteiger partial charge in [0.1, 0.15) is 11.0 Å². The lowest BCUT2D eigenvalue weighted by Gasteiger charge is -2.15. The summed E-state index contributed by atoms with van der Waals surface area (Å²) in [6.45, 7) is 2.48. The number of cyclic esters (lactones) is 1. The van der Waals surface area contributed by atoms with Gasteiger partial charge in [0.05, 0.1) is 24.3 Å². The topological polar surface area (TPSA) is 66.2 Å². The van der Waals surface area contributed by atoms with Crippen molar-refractivity contribution in [1.29, 1.82) is 0 Å². The molecule has 1 fully saturated rings. The molecule has 0 radical (unpaired) electrons. The van der Waals surface area contributed by atoms with E-state index in [1.54, 1.807) is 18.4 Å². The molecule has 4 rings (SSSR count). The molecule has 0 aliphatic carbocycles. The van der Waals surface area contributed by atoms with E-state index in [1.807, 2.05) is 47.2 Å². The number of benzene rings is 1. The third-order valence-corrected chi connectivity index (χ3v) is 6.14. The summed E-state index contributed by atoms with van der Waals surface area (Å²) in [5, 5.41) is 11.2. The van der Waals surface area contributed by atoms with E-state index in [0.717, 1.165) is 27.7 Å². The maximum atomic E-state index is 11.9. The number of ether oxygens (including phenoxy) is 2. The van der Waals surface area contributed by atoms with E-state index in [2.05, 4.69) is 10.2 Å². The van der Waals surface area contributed by atoms with Crippen molar-refractivity contribution >= 4 is 29.1 Å². The van der Waals surface area contributed by atoms with Crippen LogP contribution in [0.2, 0.25) is 0 Å². The minimum absolute atomic E-state index is 0.196. The van der Waals surface area contributed by atoms with E-state index in [9.17, 15) is 4.79 Å². The SMILES string of the molecule is COc1ccc(C)cc1-n1c(S[C@H]2CCOC2=O)nnc1-c1cccs1. The van der Waals surface area contributed by atoms with E-state index >= 15 is 0 Å². The molecule has 134 valence electrons. The number of carbonyl (C=O) groups excluding carboxylic acids is 1. The molecule has 0 unspecified atom stereocenters. The van der Waals surface area contributed by atoms with Gasteiger partial charge in [0.25, 0.3) is 0 Å². The van der Waals surface area contributed by atoms with E-state index in [-0.39, 0.29) is 11.2 Å². The average Bonchev–Trinajstić information content (AvgIpc) is 3.37. The van der Waals surface area contributed by atoms with Crippen LogP contribution in [0.5, 0.6) is 5.75 Å². The minimum Gasteiger partial charge on any atom is -0.495 e. The number of nitrogens with zero attached hydrogens (tertiary/aromatic N) is 3. The van der Waals surface area contributed by atoms with Gasteiger partial charge in [0.2, 0.25) is 0 Å². The van der Waals surface area contributed by atoms with Crippen LogP contribution < -0.4 is 4.74 Å². The first-order chi connectivity index (χ1) is 12.7. The maximum Gasteiger partial charge on any atom is 0.319 e. The molecule has 0 N–H and O–H groups in total. The van der Waals surface area contributed by atoms with Crippen molar-refractivity contribution in [3.05, 3.63) is 41.3 Å². The number of esters is 1. The molecule has 0 bridgehead atoms. The zero-order valence-corrected chi connectivity index (χ0v) is 16.0. The fourth-order valence-electron chi connectivity index (χ4n) is 2.82. The molecule has 1 saturated heterocycles. The third kappa shape index (κ3) is 3.10. The lowest BCUT2D eigenvalue weighted by atomic mass is 10.2. The van der Waals surface area contributed by atoms with Gasteiger partial charge in [-0.25, -0.2) is 0 Å². The van der Waals surface area contributed by atoms with Crippen LogP contribution in [0, 0.1) is 6.92 Å². The Balaban J connectivity index is 1.86. The van der Waals surface area contributed by atoms with Gasteiger partial charge in [-0.2, -0.15) is 0 Å². The first kappa shape index (κ1) is 17.1. The van der Waals surface area contributed by atoms with Gasteiger partial charge >= 0.3 is 5.97 Å². The van der Waals surface area contributed by atoms with Gasteiger partial charge in [0.15, 0.2) is 11.0 Å². The highest BCUT2D eigenvalue weighted by Crippen LogP contribution is 2.37. The fraction of sp³-hybridized carbons (Fsp3) is 0.278. The number of hydrogen-bond donors (Lipinski definition) is 0. The van der Waals surface area contributed by atoms with Crippen molar-refractivity contribution in [2.75, 3.05) is 13.7 Å². The molecule has 1 aliphatic heterocycles. The molecule has 0 spiro atoms. The Morgan fingerprint density at radius 3 is 2.92 bits per heavy atom. The Kier molecular flexibility index (Phi) is 4.69. The Morgan fingerprint density at radius 2 is 2.23 bits per heavy atom. The summed E-state index contributed by atoms with van der Waals surface area (Å²) in [6, 6.07) is 9.95. The Labute approximate surface area is 159 Å². The number of rotatable bonds is 5. The Morgan fingerprint density at radius 1 is 1.35 bits per heavy atom. The number of hydrogen-bond acceptors (Lipinski definition) is 7. The predicted octanol–water partition coefficient (Wildman–Crippen LogP) is 3.72. The van der Waals surface area contributed by atoms with Crippen LogP contribution in [0.15, 0.2) is 40.9 Å². The van der Waals surface area contributed by atoms with Crippen molar-refractivity contribution in [2.24, 2.45) is 0 Å². The summed E-state index contributed by atoms with van der Waals surface area (Å²) < 4.78 is 12.6. The highest BCUT2D eigenvalue weighted by molar-refractivity contribution is 8.00. The van der Waals surface area contributed by atoms with Gasteiger partial charge in [0, 0.05) is 6.42 Å². The van der Waals surface area contributed by atoms with Crippen LogP contribution in [0.1, 0.15) is 12.0 Å². The normalized spacial score (nSPS) is 16.7. The van der Waals surface area contributed by atoms with Gasteiger partial charge in [-0.3, -0.25) is 9.36 Å².